The quantitative estimate of drug-likeness (QED) is 0.828. The molecule has 1 atom stereocenters. The summed E-state index contributed by atoms with van der Waals surface area (Å²) in [5.74, 6) is 0.403. The molecule has 0 aliphatic rings. The van der Waals surface area contributed by atoms with E-state index in [0.717, 1.165) is 17.7 Å². The van der Waals surface area contributed by atoms with E-state index in [1.54, 1.807) is 31.2 Å². The SMILES string of the molecule is CCc1ccccc1NC(=O)[C@H](C)Oc1cccc(N)c1. The zero-order chi connectivity index (χ0) is 15.2. The first-order valence-corrected chi connectivity index (χ1v) is 7.01. The molecule has 21 heavy (non-hydrogen) atoms. The molecule has 1 amide bonds. The molecule has 110 valence electrons. The van der Waals surface area contributed by atoms with Gasteiger partial charge in [0.15, 0.2) is 6.10 Å². The zero-order valence-corrected chi connectivity index (χ0v) is 12.3. The van der Waals surface area contributed by atoms with E-state index in [-0.39, 0.29) is 5.91 Å². The molecule has 0 saturated heterocycles. The van der Waals surface area contributed by atoms with Gasteiger partial charge in [-0.3, -0.25) is 4.79 Å². The standard InChI is InChI=1S/C17H20N2O2/c1-3-13-7-4-5-10-16(13)19-17(20)12(2)21-15-9-6-8-14(18)11-15/h4-12H,3,18H2,1-2H3,(H,19,20)/t12-/m0/s1. The minimum absolute atomic E-state index is 0.182. The van der Waals surface area contributed by atoms with Crippen LogP contribution < -0.4 is 15.8 Å². The highest BCUT2D eigenvalue weighted by molar-refractivity contribution is 5.94. The van der Waals surface area contributed by atoms with E-state index in [4.69, 9.17) is 10.5 Å². The average Bonchev–Trinajstić information content (AvgIpc) is 2.47. The molecule has 4 nitrogen and oxygen atoms in total. The Bertz CT molecular complexity index is 626. The molecular formula is C17H20N2O2. The van der Waals surface area contributed by atoms with E-state index in [1.165, 1.54) is 0 Å². The normalized spacial score (nSPS) is 11.7. The highest BCUT2D eigenvalue weighted by Crippen LogP contribution is 2.18. The summed E-state index contributed by atoms with van der Waals surface area (Å²) in [5.41, 5.74) is 8.23. The molecule has 0 unspecified atom stereocenters. The summed E-state index contributed by atoms with van der Waals surface area (Å²) >= 11 is 0. The van der Waals surface area contributed by atoms with Crippen molar-refractivity contribution in [2.45, 2.75) is 26.4 Å². The Labute approximate surface area is 124 Å². The van der Waals surface area contributed by atoms with E-state index in [9.17, 15) is 4.79 Å². The van der Waals surface area contributed by atoms with Gasteiger partial charge in [-0.05, 0) is 37.1 Å². The van der Waals surface area contributed by atoms with Gasteiger partial charge in [0.05, 0.1) is 0 Å². The molecule has 2 aromatic rings. The van der Waals surface area contributed by atoms with Gasteiger partial charge in [0.25, 0.3) is 5.91 Å². The number of nitrogen functional groups attached to an aromatic ring is 1. The molecule has 2 aromatic carbocycles. The van der Waals surface area contributed by atoms with Gasteiger partial charge in [-0.2, -0.15) is 0 Å². The summed E-state index contributed by atoms with van der Waals surface area (Å²) in [6.07, 6.45) is 0.262. The second-order valence-corrected chi connectivity index (χ2v) is 4.83. The fraction of sp³-hybridized carbons (Fsp3) is 0.235. The molecule has 0 aliphatic heterocycles. The Kier molecular flexibility index (Phi) is 4.82. The van der Waals surface area contributed by atoms with Crippen molar-refractivity contribution < 1.29 is 9.53 Å². The highest BCUT2D eigenvalue weighted by Gasteiger charge is 2.15. The van der Waals surface area contributed by atoms with Gasteiger partial charge < -0.3 is 15.8 Å². The molecule has 0 fully saturated rings. The van der Waals surface area contributed by atoms with Gasteiger partial charge in [0.1, 0.15) is 5.75 Å². The fourth-order valence-corrected chi connectivity index (χ4v) is 2.03. The minimum atomic E-state index is -0.600. The lowest BCUT2D eigenvalue weighted by molar-refractivity contribution is -0.122. The third kappa shape index (κ3) is 3.99. The number of carbonyl (C=O) groups excluding carboxylic acids is 1. The van der Waals surface area contributed by atoms with Crippen LogP contribution in [0, 0.1) is 0 Å². The van der Waals surface area contributed by atoms with Crippen molar-refractivity contribution >= 4 is 17.3 Å². The van der Waals surface area contributed by atoms with Crippen LogP contribution in [0.15, 0.2) is 48.5 Å². The summed E-state index contributed by atoms with van der Waals surface area (Å²) < 4.78 is 5.61. The predicted molar refractivity (Wildman–Crippen MR) is 85.4 cm³/mol. The van der Waals surface area contributed by atoms with E-state index in [0.29, 0.717) is 11.4 Å². The topological polar surface area (TPSA) is 64.3 Å². The van der Waals surface area contributed by atoms with Crippen LogP contribution >= 0.6 is 0 Å². The van der Waals surface area contributed by atoms with Gasteiger partial charge in [-0.1, -0.05) is 31.2 Å². The molecule has 0 spiro atoms. The largest absolute Gasteiger partial charge is 0.481 e. The summed E-state index contributed by atoms with van der Waals surface area (Å²) in [4.78, 5) is 12.2. The first kappa shape index (κ1) is 14.9. The van der Waals surface area contributed by atoms with E-state index in [1.807, 2.05) is 24.3 Å². The Balaban J connectivity index is 2.02. The van der Waals surface area contributed by atoms with Crippen molar-refractivity contribution in [2.75, 3.05) is 11.1 Å². The van der Waals surface area contributed by atoms with Crippen LogP contribution in [-0.4, -0.2) is 12.0 Å². The predicted octanol–water partition coefficient (Wildman–Crippen LogP) is 3.24. The van der Waals surface area contributed by atoms with Crippen LogP contribution in [0.3, 0.4) is 0 Å². The summed E-state index contributed by atoms with van der Waals surface area (Å²) in [6.45, 7) is 3.77. The second kappa shape index (κ2) is 6.79. The van der Waals surface area contributed by atoms with Crippen LogP contribution in [-0.2, 0) is 11.2 Å². The van der Waals surface area contributed by atoms with Crippen molar-refractivity contribution in [3.63, 3.8) is 0 Å². The number of rotatable bonds is 5. The van der Waals surface area contributed by atoms with Gasteiger partial charge in [-0.15, -0.1) is 0 Å². The molecule has 0 heterocycles. The molecule has 2 rings (SSSR count). The highest BCUT2D eigenvalue weighted by atomic mass is 16.5. The number of anilines is 2. The van der Waals surface area contributed by atoms with Crippen molar-refractivity contribution in [3.8, 4) is 5.75 Å². The van der Waals surface area contributed by atoms with Crippen molar-refractivity contribution in [1.82, 2.24) is 0 Å². The van der Waals surface area contributed by atoms with Crippen LogP contribution in [0.4, 0.5) is 11.4 Å². The van der Waals surface area contributed by atoms with Gasteiger partial charge >= 0.3 is 0 Å². The number of ether oxygens (including phenoxy) is 1. The molecule has 4 heteroatoms. The Hall–Kier alpha value is -2.49. The second-order valence-electron chi connectivity index (χ2n) is 4.83. The number of para-hydroxylation sites is 1. The van der Waals surface area contributed by atoms with Crippen molar-refractivity contribution in [2.24, 2.45) is 0 Å². The van der Waals surface area contributed by atoms with E-state index in [2.05, 4.69) is 12.2 Å². The summed E-state index contributed by atoms with van der Waals surface area (Å²) in [5, 5.41) is 2.90. The van der Waals surface area contributed by atoms with Crippen LogP contribution in [0.5, 0.6) is 5.75 Å². The number of hydrogen-bond donors (Lipinski definition) is 2. The molecule has 0 bridgehead atoms. The maximum absolute atomic E-state index is 12.2. The minimum Gasteiger partial charge on any atom is -0.481 e. The van der Waals surface area contributed by atoms with Crippen molar-refractivity contribution in [3.05, 3.63) is 54.1 Å². The van der Waals surface area contributed by atoms with Crippen molar-refractivity contribution in [1.29, 1.82) is 0 Å². The molecule has 3 N–H and O–H groups in total. The molecule has 0 aliphatic carbocycles. The average molecular weight is 284 g/mol. The zero-order valence-electron chi connectivity index (χ0n) is 12.3. The number of nitrogens with two attached hydrogens (primary N) is 1. The molecule has 0 saturated carbocycles. The smallest absolute Gasteiger partial charge is 0.265 e. The molecule has 0 aromatic heterocycles. The summed E-state index contributed by atoms with van der Waals surface area (Å²) in [6, 6.07) is 14.8. The van der Waals surface area contributed by atoms with Gasteiger partial charge in [-0.25, -0.2) is 0 Å². The third-order valence-electron chi connectivity index (χ3n) is 3.20. The Morgan fingerprint density at radius 1 is 1.24 bits per heavy atom. The number of amides is 1. The van der Waals surface area contributed by atoms with Crippen LogP contribution in [0.25, 0.3) is 0 Å². The Morgan fingerprint density at radius 3 is 2.71 bits per heavy atom. The van der Waals surface area contributed by atoms with Gasteiger partial charge in [0, 0.05) is 17.4 Å². The number of benzene rings is 2. The number of nitrogens with one attached hydrogen (secondary N) is 1. The third-order valence-corrected chi connectivity index (χ3v) is 3.20. The van der Waals surface area contributed by atoms with E-state index < -0.39 is 6.10 Å². The lowest BCUT2D eigenvalue weighted by Crippen LogP contribution is -2.30. The number of aryl methyl sites for hydroxylation is 1. The maximum Gasteiger partial charge on any atom is 0.265 e. The summed E-state index contributed by atoms with van der Waals surface area (Å²) in [7, 11) is 0. The Morgan fingerprint density at radius 2 is 2.00 bits per heavy atom. The van der Waals surface area contributed by atoms with Gasteiger partial charge in [0.2, 0.25) is 0 Å². The lowest BCUT2D eigenvalue weighted by atomic mass is 10.1. The fourth-order valence-electron chi connectivity index (χ4n) is 2.03. The number of carbonyl (C=O) groups is 1. The molecular weight excluding hydrogens is 264 g/mol. The van der Waals surface area contributed by atoms with E-state index >= 15 is 0 Å². The van der Waals surface area contributed by atoms with Crippen LogP contribution in [0.1, 0.15) is 19.4 Å². The first-order chi connectivity index (χ1) is 10.1. The first-order valence-electron chi connectivity index (χ1n) is 7.01. The number of hydrogen-bond acceptors (Lipinski definition) is 3. The maximum atomic E-state index is 12.2. The molecule has 0 radical (unpaired) electrons. The van der Waals surface area contributed by atoms with Crippen LogP contribution in [0.2, 0.25) is 0 Å². The monoisotopic (exact) mass is 284 g/mol. The lowest BCUT2D eigenvalue weighted by Gasteiger charge is -2.16.